The van der Waals surface area contributed by atoms with Crippen LogP contribution in [-0.2, 0) is 12.8 Å². The maximum atomic E-state index is 13.5. The van der Waals surface area contributed by atoms with Crippen LogP contribution >= 0.6 is 27.5 Å². The molecule has 2 aromatic carbocycles. The summed E-state index contributed by atoms with van der Waals surface area (Å²) in [7, 11) is 0. The highest BCUT2D eigenvalue weighted by Gasteiger charge is 2.21. The van der Waals surface area contributed by atoms with E-state index in [1.807, 2.05) is 6.07 Å². The Labute approximate surface area is 135 Å². The van der Waals surface area contributed by atoms with Gasteiger partial charge in [0.15, 0.2) is 5.78 Å². The lowest BCUT2D eigenvalue weighted by Gasteiger charge is -2.09. The lowest BCUT2D eigenvalue weighted by molar-refractivity contribution is 0.0991. The molecule has 108 valence electrons. The van der Waals surface area contributed by atoms with Crippen molar-refractivity contribution in [3.8, 4) is 5.75 Å². The molecular formula is C16H11BrClFO2. The zero-order valence-electron chi connectivity index (χ0n) is 11.0. The summed E-state index contributed by atoms with van der Waals surface area (Å²) in [5.41, 5.74) is 2.08. The van der Waals surface area contributed by atoms with Crippen LogP contribution in [0.15, 0.2) is 34.8 Å². The number of Topliss-reactive ketones (excluding diaryl/α,β-unsaturated/α-hetero) is 1. The van der Waals surface area contributed by atoms with Crippen LogP contribution in [0.25, 0.3) is 0 Å². The summed E-state index contributed by atoms with van der Waals surface area (Å²) in [5.74, 6) is 0.107. The Morgan fingerprint density at radius 3 is 3.00 bits per heavy atom. The van der Waals surface area contributed by atoms with Gasteiger partial charge in [-0.05, 0) is 39.7 Å². The van der Waals surface area contributed by atoms with Gasteiger partial charge in [-0.25, -0.2) is 4.39 Å². The largest absolute Gasteiger partial charge is 0.493 e. The lowest BCUT2D eigenvalue weighted by atomic mass is 10.00. The van der Waals surface area contributed by atoms with Gasteiger partial charge in [-0.15, -0.1) is 0 Å². The molecule has 0 aromatic heterocycles. The monoisotopic (exact) mass is 368 g/mol. The van der Waals surface area contributed by atoms with E-state index in [9.17, 15) is 9.18 Å². The minimum atomic E-state index is -0.451. The molecule has 0 radical (unpaired) electrons. The molecule has 3 rings (SSSR count). The Kier molecular flexibility index (Phi) is 4.00. The van der Waals surface area contributed by atoms with Crippen LogP contribution in [-0.4, -0.2) is 12.4 Å². The Bertz CT molecular complexity index is 730. The maximum Gasteiger partial charge on any atom is 0.168 e. The molecule has 0 atom stereocenters. The highest BCUT2D eigenvalue weighted by Crippen LogP contribution is 2.34. The van der Waals surface area contributed by atoms with Gasteiger partial charge in [-0.1, -0.05) is 23.7 Å². The molecule has 0 amide bonds. The van der Waals surface area contributed by atoms with Crippen molar-refractivity contribution >= 4 is 33.3 Å². The second-order valence-electron chi connectivity index (χ2n) is 4.85. The SMILES string of the molecule is O=C(Cc1cc(Cl)cc2c1OCC2)c1cccc(F)c1Br. The van der Waals surface area contributed by atoms with E-state index >= 15 is 0 Å². The molecule has 0 unspecified atom stereocenters. The summed E-state index contributed by atoms with van der Waals surface area (Å²) in [6.07, 6.45) is 0.922. The quantitative estimate of drug-likeness (QED) is 0.739. The zero-order chi connectivity index (χ0) is 15.0. The summed E-state index contributed by atoms with van der Waals surface area (Å²) in [4.78, 5) is 12.4. The molecule has 0 spiro atoms. The van der Waals surface area contributed by atoms with Crippen molar-refractivity contribution in [1.82, 2.24) is 0 Å². The molecular weight excluding hydrogens is 359 g/mol. The predicted molar refractivity (Wildman–Crippen MR) is 82.8 cm³/mol. The number of rotatable bonds is 3. The molecule has 0 saturated heterocycles. The summed E-state index contributed by atoms with van der Waals surface area (Å²) < 4.78 is 19.3. The third kappa shape index (κ3) is 2.83. The van der Waals surface area contributed by atoms with E-state index in [1.54, 1.807) is 12.1 Å². The summed E-state index contributed by atoms with van der Waals surface area (Å²) >= 11 is 9.20. The van der Waals surface area contributed by atoms with E-state index in [0.717, 1.165) is 23.3 Å². The number of benzene rings is 2. The van der Waals surface area contributed by atoms with Crippen molar-refractivity contribution in [3.05, 3.63) is 62.3 Å². The molecule has 0 bridgehead atoms. The van der Waals surface area contributed by atoms with Gasteiger partial charge in [0.05, 0.1) is 11.1 Å². The van der Waals surface area contributed by atoms with Crippen LogP contribution in [0.2, 0.25) is 5.02 Å². The summed E-state index contributed by atoms with van der Waals surface area (Å²) in [6, 6.07) is 8.02. The highest BCUT2D eigenvalue weighted by atomic mass is 79.9. The maximum absolute atomic E-state index is 13.5. The minimum absolute atomic E-state index is 0.130. The highest BCUT2D eigenvalue weighted by molar-refractivity contribution is 9.10. The molecule has 21 heavy (non-hydrogen) atoms. The fourth-order valence-electron chi connectivity index (χ4n) is 2.46. The normalized spacial score (nSPS) is 12.9. The molecule has 0 N–H and O–H groups in total. The molecule has 2 nitrogen and oxygen atoms in total. The van der Waals surface area contributed by atoms with Gasteiger partial charge in [0.25, 0.3) is 0 Å². The molecule has 0 fully saturated rings. The summed E-state index contributed by atoms with van der Waals surface area (Å²) in [5, 5.41) is 0.584. The van der Waals surface area contributed by atoms with Gasteiger partial charge in [-0.2, -0.15) is 0 Å². The van der Waals surface area contributed by atoms with Gasteiger partial charge in [-0.3, -0.25) is 4.79 Å². The van der Waals surface area contributed by atoms with Crippen molar-refractivity contribution in [1.29, 1.82) is 0 Å². The molecule has 0 saturated carbocycles. The van der Waals surface area contributed by atoms with Crippen LogP contribution in [0, 0.1) is 5.82 Å². The number of fused-ring (bicyclic) bond motifs is 1. The number of ketones is 1. The van der Waals surface area contributed by atoms with E-state index in [1.165, 1.54) is 12.1 Å². The van der Waals surface area contributed by atoms with Gasteiger partial charge >= 0.3 is 0 Å². The number of ether oxygens (including phenoxy) is 1. The van der Waals surface area contributed by atoms with E-state index in [2.05, 4.69) is 15.9 Å². The Morgan fingerprint density at radius 1 is 1.38 bits per heavy atom. The van der Waals surface area contributed by atoms with E-state index in [0.29, 0.717) is 17.2 Å². The number of hydrogen-bond acceptors (Lipinski definition) is 2. The first-order chi connectivity index (χ1) is 10.1. The molecule has 5 heteroatoms. The van der Waals surface area contributed by atoms with Gasteiger partial charge in [0.2, 0.25) is 0 Å². The van der Waals surface area contributed by atoms with Crippen molar-refractivity contribution < 1.29 is 13.9 Å². The van der Waals surface area contributed by atoms with Crippen LogP contribution in [0.1, 0.15) is 21.5 Å². The fourth-order valence-corrected chi connectivity index (χ4v) is 3.21. The predicted octanol–water partition coefficient (Wildman–Crippen LogP) is 4.60. The van der Waals surface area contributed by atoms with Crippen molar-refractivity contribution in [2.75, 3.05) is 6.61 Å². The molecule has 2 aromatic rings. The zero-order valence-corrected chi connectivity index (χ0v) is 13.3. The van der Waals surface area contributed by atoms with Crippen molar-refractivity contribution in [3.63, 3.8) is 0 Å². The van der Waals surface area contributed by atoms with Crippen LogP contribution in [0.4, 0.5) is 4.39 Å². The number of hydrogen-bond donors (Lipinski definition) is 0. The number of halogens is 3. The fraction of sp³-hybridized carbons (Fsp3) is 0.188. The van der Waals surface area contributed by atoms with Crippen LogP contribution < -0.4 is 4.74 Å². The van der Waals surface area contributed by atoms with Gasteiger partial charge < -0.3 is 4.74 Å². The first kappa shape index (κ1) is 14.5. The van der Waals surface area contributed by atoms with Crippen LogP contribution in [0.5, 0.6) is 5.75 Å². The van der Waals surface area contributed by atoms with Gasteiger partial charge in [0, 0.05) is 29.0 Å². The Morgan fingerprint density at radius 2 is 2.19 bits per heavy atom. The molecule has 0 aliphatic carbocycles. The lowest BCUT2D eigenvalue weighted by Crippen LogP contribution is -2.06. The van der Waals surface area contributed by atoms with Crippen molar-refractivity contribution in [2.24, 2.45) is 0 Å². The first-order valence-electron chi connectivity index (χ1n) is 6.47. The van der Waals surface area contributed by atoms with E-state index < -0.39 is 5.82 Å². The van der Waals surface area contributed by atoms with Gasteiger partial charge in [0.1, 0.15) is 11.6 Å². The van der Waals surface area contributed by atoms with E-state index in [4.69, 9.17) is 16.3 Å². The molecule has 1 aliphatic heterocycles. The average molecular weight is 370 g/mol. The second-order valence-corrected chi connectivity index (χ2v) is 6.08. The van der Waals surface area contributed by atoms with Crippen LogP contribution in [0.3, 0.4) is 0 Å². The standard InChI is InChI=1S/C16H11BrClFO2/c17-15-12(2-1-3-13(15)19)14(20)8-10-7-11(18)6-9-4-5-21-16(9)10/h1-3,6-7H,4-5,8H2. The molecule has 1 heterocycles. The minimum Gasteiger partial charge on any atom is -0.493 e. The number of carbonyl (C=O) groups excluding carboxylic acids is 1. The number of carbonyl (C=O) groups is 1. The summed E-state index contributed by atoms with van der Waals surface area (Å²) in [6.45, 7) is 0.598. The third-order valence-corrected chi connectivity index (χ3v) is 4.45. The average Bonchev–Trinajstić information content (AvgIpc) is 2.90. The topological polar surface area (TPSA) is 26.3 Å². The van der Waals surface area contributed by atoms with Crippen molar-refractivity contribution in [2.45, 2.75) is 12.8 Å². The Hall–Kier alpha value is -1.39. The first-order valence-corrected chi connectivity index (χ1v) is 7.64. The Balaban J connectivity index is 1.94. The van der Waals surface area contributed by atoms with E-state index in [-0.39, 0.29) is 16.7 Å². The third-order valence-electron chi connectivity index (χ3n) is 3.43. The smallest absolute Gasteiger partial charge is 0.168 e. The second kappa shape index (κ2) is 5.78. The molecule has 1 aliphatic rings.